The molecule has 7 nitrogen and oxygen atoms in total. The Morgan fingerprint density at radius 1 is 1.00 bits per heavy atom. The minimum Gasteiger partial charge on any atom is -0.324 e. The van der Waals surface area contributed by atoms with Crippen LogP contribution in [0.2, 0.25) is 5.02 Å². The van der Waals surface area contributed by atoms with E-state index in [1.54, 1.807) is 90.0 Å². The summed E-state index contributed by atoms with van der Waals surface area (Å²) in [7, 11) is 0. The number of hydrogen-bond donors (Lipinski definition) is 1. The summed E-state index contributed by atoms with van der Waals surface area (Å²) in [5.74, 6) is -0.242. The maximum absolute atomic E-state index is 13.8. The average Bonchev–Trinajstić information content (AvgIpc) is 3.03. The Hall–Kier alpha value is -4.80. The summed E-state index contributed by atoms with van der Waals surface area (Å²) < 4.78 is 0. The zero-order valence-corrected chi connectivity index (χ0v) is 21.6. The van der Waals surface area contributed by atoms with Gasteiger partial charge in [0.25, 0.3) is 11.8 Å². The highest BCUT2D eigenvalue weighted by Crippen LogP contribution is 2.27. The number of ketones is 1. The number of fused-ring (bicyclic) bond motifs is 1. The summed E-state index contributed by atoms with van der Waals surface area (Å²) in [5, 5.41) is 12.5. The molecule has 8 heteroatoms. The molecular weight excluding hydrogens is 512 g/mol. The van der Waals surface area contributed by atoms with Gasteiger partial charge in [-0.05, 0) is 71.3 Å². The topological polar surface area (TPSA) is 103 Å². The van der Waals surface area contributed by atoms with Gasteiger partial charge in [-0.15, -0.1) is 0 Å². The minimum absolute atomic E-state index is 0.0768. The lowest BCUT2D eigenvalue weighted by molar-refractivity contribution is -0.122. The summed E-state index contributed by atoms with van der Waals surface area (Å²) in [6.45, 7) is 0.164. The molecule has 0 aliphatic carbocycles. The van der Waals surface area contributed by atoms with Gasteiger partial charge >= 0.3 is 0 Å². The standard InChI is InChI=1S/C31H23ClN4O3/c32-25-11-12-26-24(16-25)17-28(37)27(15-21-4-3-5-22(14-21)18-33)36(31(26)39)19-20-7-9-23(10-8-20)30(38)35-29-6-1-2-13-34-29/h1-14,16,27H,15,17,19H2,(H,34,35,38)/t27-/m1/s1. The SMILES string of the molecule is N#Cc1cccc(C[C@@H]2C(=O)Cc3cc(Cl)ccc3C(=O)N2Cc2ccc(C(=O)Nc3ccccn3)cc2)c1. The second-order valence-corrected chi connectivity index (χ2v) is 9.71. The van der Waals surface area contributed by atoms with Gasteiger partial charge in [0.2, 0.25) is 0 Å². The molecule has 2 amide bonds. The Labute approximate surface area is 230 Å². The zero-order valence-electron chi connectivity index (χ0n) is 20.8. The van der Waals surface area contributed by atoms with E-state index in [1.165, 1.54) is 0 Å². The van der Waals surface area contributed by atoms with Crippen molar-refractivity contribution in [2.24, 2.45) is 0 Å². The molecule has 0 unspecified atom stereocenters. The molecule has 192 valence electrons. The molecule has 1 N–H and O–H groups in total. The smallest absolute Gasteiger partial charge is 0.256 e. The number of pyridine rings is 1. The van der Waals surface area contributed by atoms with Crippen LogP contribution in [0.3, 0.4) is 0 Å². The molecule has 0 saturated heterocycles. The lowest BCUT2D eigenvalue weighted by Gasteiger charge is -2.29. The summed E-state index contributed by atoms with van der Waals surface area (Å²) in [5.41, 5.74) is 3.51. The number of carbonyl (C=O) groups excluding carboxylic acids is 3. The fourth-order valence-corrected chi connectivity index (χ4v) is 4.87. The second-order valence-electron chi connectivity index (χ2n) is 9.28. The number of anilines is 1. The van der Waals surface area contributed by atoms with Crippen molar-refractivity contribution in [3.8, 4) is 6.07 Å². The van der Waals surface area contributed by atoms with Crippen LogP contribution in [0.1, 0.15) is 43.0 Å². The predicted octanol–water partition coefficient (Wildman–Crippen LogP) is 5.24. The minimum atomic E-state index is -0.746. The first-order valence-electron chi connectivity index (χ1n) is 12.3. The third-order valence-electron chi connectivity index (χ3n) is 6.63. The molecule has 4 aromatic rings. The van der Waals surface area contributed by atoms with E-state index in [0.717, 1.165) is 11.1 Å². The van der Waals surface area contributed by atoms with Gasteiger partial charge in [-0.25, -0.2) is 4.98 Å². The van der Waals surface area contributed by atoms with E-state index in [9.17, 15) is 19.6 Å². The average molecular weight is 535 g/mol. The van der Waals surface area contributed by atoms with Gasteiger partial charge in [0.05, 0.1) is 17.7 Å². The highest BCUT2D eigenvalue weighted by Gasteiger charge is 2.35. The number of amides is 2. The van der Waals surface area contributed by atoms with Crippen molar-refractivity contribution in [2.45, 2.75) is 25.4 Å². The van der Waals surface area contributed by atoms with Crippen molar-refractivity contribution in [3.05, 3.63) is 130 Å². The largest absolute Gasteiger partial charge is 0.324 e. The number of nitrogens with one attached hydrogen (secondary N) is 1. The van der Waals surface area contributed by atoms with E-state index in [-0.39, 0.29) is 37.0 Å². The monoisotopic (exact) mass is 534 g/mol. The lowest BCUT2D eigenvalue weighted by Crippen LogP contribution is -2.44. The quantitative estimate of drug-likeness (QED) is 0.364. The highest BCUT2D eigenvalue weighted by atomic mass is 35.5. The van der Waals surface area contributed by atoms with E-state index >= 15 is 0 Å². The number of aromatic nitrogens is 1. The molecule has 5 rings (SSSR count). The van der Waals surface area contributed by atoms with E-state index < -0.39 is 6.04 Å². The van der Waals surface area contributed by atoms with Crippen LogP contribution in [0.5, 0.6) is 0 Å². The molecule has 3 aromatic carbocycles. The first kappa shape index (κ1) is 25.8. The predicted molar refractivity (Wildman–Crippen MR) is 147 cm³/mol. The van der Waals surface area contributed by atoms with Crippen LogP contribution in [-0.4, -0.2) is 33.5 Å². The molecule has 0 saturated carbocycles. The molecule has 1 aliphatic heterocycles. The molecule has 0 spiro atoms. The number of carbonyl (C=O) groups is 3. The molecule has 0 fully saturated rings. The van der Waals surface area contributed by atoms with Crippen molar-refractivity contribution < 1.29 is 14.4 Å². The van der Waals surface area contributed by atoms with E-state index in [0.29, 0.717) is 33.1 Å². The molecule has 39 heavy (non-hydrogen) atoms. The Morgan fingerprint density at radius 2 is 1.82 bits per heavy atom. The fourth-order valence-electron chi connectivity index (χ4n) is 4.67. The van der Waals surface area contributed by atoms with Crippen molar-refractivity contribution in [2.75, 3.05) is 5.32 Å². The number of hydrogen-bond acceptors (Lipinski definition) is 5. The van der Waals surface area contributed by atoms with Crippen LogP contribution < -0.4 is 5.32 Å². The fraction of sp³-hybridized carbons (Fsp3) is 0.129. The van der Waals surface area contributed by atoms with Crippen LogP contribution in [-0.2, 0) is 24.2 Å². The molecule has 0 radical (unpaired) electrons. The number of halogens is 1. The van der Waals surface area contributed by atoms with Gasteiger partial charge in [0, 0.05) is 41.7 Å². The van der Waals surface area contributed by atoms with Gasteiger partial charge in [-0.1, -0.05) is 41.9 Å². The van der Waals surface area contributed by atoms with Gasteiger partial charge < -0.3 is 10.2 Å². The number of Topliss-reactive ketones (excluding diaryl/α,β-unsaturated/α-hetero) is 1. The first-order valence-corrected chi connectivity index (χ1v) is 12.7. The Kier molecular flexibility index (Phi) is 7.48. The number of nitrogens with zero attached hydrogens (tertiary/aromatic N) is 3. The van der Waals surface area contributed by atoms with Crippen LogP contribution in [0.15, 0.2) is 91.1 Å². The van der Waals surface area contributed by atoms with E-state index in [2.05, 4.69) is 16.4 Å². The number of nitriles is 1. The Balaban J connectivity index is 1.43. The normalized spacial score (nSPS) is 14.8. The highest BCUT2D eigenvalue weighted by molar-refractivity contribution is 6.30. The third-order valence-corrected chi connectivity index (χ3v) is 6.87. The summed E-state index contributed by atoms with van der Waals surface area (Å²) in [6.07, 6.45) is 1.94. The third kappa shape index (κ3) is 5.87. The molecule has 0 bridgehead atoms. The first-order chi connectivity index (χ1) is 18.9. The van der Waals surface area contributed by atoms with Gasteiger partial charge in [0.1, 0.15) is 5.82 Å². The Bertz CT molecular complexity index is 1600. The molecule has 1 aromatic heterocycles. The second kappa shape index (κ2) is 11.3. The maximum atomic E-state index is 13.8. The van der Waals surface area contributed by atoms with Crippen molar-refractivity contribution in [1.82, 2.24) is 9.88 Å². The van der Waals surface area contributed by atoms with Gasteiger partial charge in [-0.2, -0.15) is 5.26 Å². The number of benzene rings is 3. The molecule has 2 heterocycles. The van der Waals surface area contributed by atoms with Crippen molar-refractivity contribution in [3.63, 3.8) is 0 Å². The van der Waals surface area contributed by atoms with Crippen LogP contribution in [0.4, 0.5) is 5.82 Å². The maximum Gasteiger partial charge on any atom is 0.256 e. The zero-order chi connectivity index (χ0) is 27.4. The van der Waals surface area contributed by atoms with E-state index in [4.69, 9.17) is 11.6 Å². The van der Waals surface area contributed by atoms with Crippen molar-refractivity contribution in [1.29, 1.82) is 5.26 Å². The summed E-state index contributed by atoms with van der Waals surface area (Å²) in [6, 6.07) is 25.5. The van der Waals surface area contributed by atoms with Crippen LogP contribution in [0.25, 0.3) is 0 Å². The van der Waals surface area contributed by atoms with Crippen LogP contribution >= 0.6 is 11.6 Å². The summed E-state index contributed by atoms with van der Waals surface area (Å²) in [4.78, 5) is 45.7. The summed E-state index contributed by atoms with van der Waals surface area (Å²) >= 11 is 6.18. The Morgan fingerprint density at radius 3 is 2.56 bits per heavy atom. The van der Waals surface area contributed by atoms with Crippen molar-refractivity contribution >= 4 is 35.0 Å². The van der Waals surface area contributed by atoms with E-state index in [1.807, 2.05) is 6.07 Å². The number of rotatable bonds is 6. The van der Waals surface area contributed by atoms with Crippen LogP contribution in [0, 0.1) is 11.3 Å². The lowest BCUT2D eigenvalue weighted by atomic mass is 9.96. The van der Waals surface area contributed by atoms with Gasteiger partial charge in [-0.3, -0.25) is 14.4 Å². The molecule has 1 aliphatic rings. The van der Waals surface area contributed by atoms with Gasteiger partial charge in [0.15, 0.2) is 5.78 Å². The molecular formula is C31H23ClN4O3. The molecule has 1 atom stereocenters.